The molecule has 2 aromatic carbocycles. The highest BCUT2D eigenvalue weighted by Gasteiger charge is 2.31. The van der Waals surface area contributed by atoms with Crippen molar-refractivity contribution < 1.29 is 14.3 Å². The summed E-state index contributed by atoms with van der Waals surface area (Å²) in [6.45, 7) is 1.91. The Balaban J connectivity index is 1.78. The first-order valence-corrected chi connectivity index (χ1v) is 7.28. The third-order valence-corrected chi connectivity index (χ3v) is 3.88. The number of anilines is 1. The van der Waals surface area contributed by atoms with E-state index < -0.39 is 12.1 Å². The number of hydrogen-bond donors (Lipinski definition) is 1. The normalized spacial score (nSPS) is 16.6. The van der Waals surface area contributed by atoms with Gasteiger partial charge in [-0.05, 0) is 36.2 Å². The Kier molecular flexibility index (Phi) is 3.86. The summed E-state index contributed by atoms with van der Waals surface area (Å²) < 4.78 is 5.22. The molecule has 1 amide bonds. The monoisotopic (exact) mass is 315 g/mol. The fraction of sp³-hybridized carbons (Fsp3) is 0.176. The van der Waals surface area contributed by atoms with Gasteiger partial charge in [-0.3, -0.25) is 4.79 Å². The zero-order valence-corrected chi connectivity index (χ0v) is 12.7. The molecule has 0 aliphatic carbocycles. The molecule has 112 valence electrons. The summed E-state index contributed by atoms with van der Waals surface area (Å²) in [6, 6.07) is 12.5. The van der Waals surface area contributed by atoms with Crippen molar-refractivity contribution in [1.82, 2.24) is 0 Å². The highest BCUT2D eigenvalue weighted by molar-refractivity contribution is 6.33. The number of nitrogens with one attached hydrogen (secondary N) is 1. The summed E-state index contributed by atoms with van der Waals surface area (Å²) in [5, 5.41) is 3.16. The molecule has 1 N–H and O–H groups in total. The van der Waals surface area contributed by atoms with Crippen molar-refractivity contribution in [3.63, 3.8) is 0 Å². The van der Waals surface area contributed by atoms with Crippen LogP contribution in [0.25, 0.3) is 0 Å². The number of carbonyl (C=O) groups is 2. The molecule has 0 saturated carbocycles. The largest absolute Gasteiger partial charge is 0.448 e. The second-order valence-corrected chi connectivity index (χ2v) is 5.63. The Morgan fingerprint density at radius 1 is 1.27 bits per heavy atom. The molecule has 1 aliphatic rings. The number of hydrogen-bond acceptors (Lipinski definition) is 3. The van der Waals surface area contributed by atoms with E-state index in [0.717, 1.165) is 11.1 Å². The van der Waals surface area contributed by atoms with Crippen molar-refractivity contribution >= 4 is 29.2 Å². The Bertz CT molecular complexity index is 757. The summed E-state index contributed by atoms with van der Waals surface area (Å²) in [4.78, 5) is 24.2. The highest BCUT2D eigenvalue weighted by atomic mass is 35.5. The molecule has 0 fully saturated rings. The van der Waals surface area contributed by atoms with Gasteiger partial charge >= 0.3 is 5.97 Å². The topological polar surface area (TPSA) is 55.4 Å². The molecule has 0 radical (unpaired) electrons. The van der Waals surface area contributed by atoms with Crippen LogP contribution in [-0.4, -0.2) is 18.0 Å². The molecular formula is C17H14ClNO3. The molecule has 2 aromatic rings. The van der Waals surface area contributed by atoms with Gasteiger partial charge in [0.15, 0.2) is 6.10 Å². The fourth-order valence-corrected chi connectivity index (χ4v) is 2.69. The minimum absolute atomic E-state index is 0.358. The molecule has 1 aliphatic heterocycles. The van der Waals surface area contributed by atoms with Crippen molar-refractivity contribution in [2.24, 2.45) is 0 Å². The summed E-state index contributed by atoms with van der Waals surface area (Å²) >= 11 is 6.10. The maximum Gasteiger partial charge on any atom is 0.339 e. The SMILES string of the molecule is Cc1ccc(NC(=O)C2Cc3ccccc3C(=O)O2)c(Cl)c1. The maximum atomic E-state index is 12.3. The second-order valence-electron chi connectivity index (χ2n) is 5.23. The number of cyclic esters (lactones) is 1. The van der Waals surface area contributed by atoms with Crippen molar-refractivity contribution in [1.29, 1.82) is 0 Å². The van der Waals surface area contributed by atoms with E-state index in [2.05, 4.69) is 5.32 Å². The number of amides is 1. The van der Waals surface area contributed by atoms with Gasteiger partial charge in [0, 0.05) is 6.42 Å². The van der Waals surface area contributed by atoms with Crippen LogP contribution in [0, 0.1) is 6.92 Å². The second kappa shape index (κ2) is 5.81. The number of halogens is 1. The van der Waals surface area contributed by atoms with Crippen LogP contribution in [0.5, 0.6) is 0 Å². The smallest absolute Gasteiger partial charge is 0.339 e. The minimum atomic E-state index is -0.847. The van der Waals surface area contributed by atoms with E-state index in [1.165, 1.54) is 0 Å². The molecule has 0 bridgehead atoms. The number of fused-ring (bicyclic) bond motifs is 1. The third kappa shape index (κ3) is 2.83. The van der Waals surface area contributed by atoms with E-state index in [0.29, 0.717) is 22.7 Å². The first-order valence-electron chi connectivity index (χ1n) is 6.90. The lowest BCUT2D eigenvalue weighted by atomic mass is 9.98. The molecule has 1 heterocycles. The zero-order chi connectivity index (χ0) is 15.7. The molecule has 4 nitrogen and oxygen atoms in total. The fourth-order valence-electron chi connectivity index (χ4n) is 2.41. The van der Waals surface area contributed by atoms with Crippen molar-refractivity contribution in [2.45, 2.75) is 19.4 Å². The van der Waals surface area contributed by atoms with E-state index in [-0.39, 0.29) is 5.91 Å². The van der Waals surface area contributed by atoms with E-state index in [9.17, 15) is 9.59 Å². The van der Waals surface area contributed by atoms with Crippen LogP contribution in [0.15, 0.2) is 42.5 Å². The van der Waals surface area contributed by atoms with E-state index in [4.69, 9.17) is 16.3 Å². The summed E-state index contributed by atoms with van der Waals surface area (Å²) in [7, 11) is 0. The van der Waals surface area contributed by atoms with Crippen molar-refractivity contribution in [3.8, 4) is 0 Å². The van der Waals surface area contributed by atoms with Crippen LogP contribution >= 0.6 is 11.6 Å². The number of rotatable bonds is 2. The lowest BCUT2D eigenvalue weighted by Crippen LogP contribution is -2.38. The predicted molar refractivity (Wildman–Crippen MR) is 84.2 cm³/mol. The number of aryl methyl sites for hydroxylation is 1. The molecular weight excluding hydrogens is 302 g/mol. The van der Waals surface area contributed by atoms with Crippen LogP contribution in [0.4, 0.5) is 5.69 Å². The first kappa shape index (κ1) is 14.6. The van der Waals surface area contributed by atoms with Crippen LogP contribution in [-0.2, 0) is 16.0 Å². The lowest BCUT2D eigenvalue weighted by Gasteiger charge is -2.24. The number of esters is 1. The van der Waals surface area contributed by atoms with Gasteiger partial charge in [0.25, 0.3) is 5.91 Å². The van der Waals surface area contributed by atoms with Crippen LogP contribution in [0.3, 0.4) is 0 Å². The minimum Gasteiger partial charge on any atom is -0.448 e. The molecule has 0 aromatic heterocycles. The van der Waals surface area contributed by atoms with E-state index >= 15 is 0 Å². The van der Waals surface area contributed by atoms with Gasteiger partial charge in [0.05, 0.1) is 16.3 Å². The number of ether oxygens (including phenoxy) is 1. The van der Waals surface area contributed by atoms with Gasteiger partial charge in [0.1, 0.15) is 0 Å². The summed E-state index contributed by atoms with van der Waals surface area (Å²) in [5.41, 5.74) is 2.84. The van der Waals surface area contributed by atoms with Crippen LogP contribution < -0.4 is 5.32 Å². The quantitative estimate of drug-likeness (QED) is 0.864. The lowest BCUT2D eigenvalue weighted by molar-refractivity contribution is -0.125. The molecule has 5 heteroatoms. The Morgan fingerprint density at radius 3 is 2.82 bits per heavy atom. The average Bonchev–Trinajstić information content (AvgIpc) is 2.50. The van der Waals surface area contributed by atoms with Crippen LogP contribution in [0.1, 0.15) is 21.5 Å². The van der Waals surface area contributed by atoms with Gasteiger partial charge in [0.2, 0.25) is 0 Å². The molecule has 1 atom stereocenters. The molecule has 3 rings (SSSR count). The Hall–Kier alpha value is -2.33. The molecule has 0 spiro atoms. The first-order chi connectivity index (χ1) is 10.5. The standard InChI is InChI=1S/C17H14ClNO3/c1-10-6-7-14(13(18)8-10)19-16(20)15-9-11-4-2-3-5-12(11)17(21)22-15/h2-8,15H,9H2,1H3,(H,19,20). The van der Waals surface area contributed by atoms with E-state index in [1.54, 1.807) is 24.3 Å². The summed E-state index contributed by atoms with van der Waals surface area (Å²) in [6.07, 6.45) is -0.489. The van der Waals surface area contributed by atoms with Gasteiger partial charge < -0.3 is 10.1 Å². The predicted octanol–water partition coefficient (Wildman–Crippen LogP) is 3.37. The van der Waals surface area contributed by atoms with Gasteiger partial charge in [-0.15, -0.1) is 0 Å². The maximum absolute atomic E-state index is 12.3. The van der Waals surface area contributed by atoms with Gasteiger partial charge in [-0.2, -0.15) is 0 Å². The van der Waals surface area contributed by atoms with E-state index in [1.807, 2.05) is 25.1 Å². The number of carbonyl (C=O) groups excluding carboxylic acids is 2. The zero-order valence-electron chi connectivity index (χ0n) is 11.9. The van der Waals surface area contributed by atoms with Crippen molar-refractivity contribution in [2.75, 3.05) is 5.32 Å². The average molecular weight is 316 g/mol. The van der Waals surface area contributed by atoms with Crippen LogP contribution in [0.2, 0.25) is 5.02 Å². The Morgan fingerprint density at radius 2 is 2.05 bits per heavy atom. The van der Waals surface area contributed by atoms with Gasteiger partial charge in [-0.25, -0.2) is 4.79 Å². The molecule has 0 saturated heterocycles. The molecule has 1 unspecified atom stereocenters. The van der Waals surface area contributed by atoms with Gasteiger partial charge in [-0.1, -0.05) is 35.9 Å². The Labute approximate surface area is 133 Å². The molecule has 22 heavy (non-hydrogen) atoms. The third-order valence-electron chi connectivity index (χ3n) is 3.57. The highest BCUT2D eigenvalue weighted by Crippen LogP contribution is 2.25. The summed E-state index contributed by atoms with van der Waals surface area (Å²) in [5.74, 6) is -0.856. The van der Waals surface area contributed by atoms with Crippen molar-refractivity contribution in [3.05, 3.63) is 64.2 Å². The number of benzene rings is 2.